The maximum atomic E-state index is 8.57. The molecule has 1 saturated heterocycles. The lowest BCUT2D eigenvalue weighted by atomic mass is 9.93. The van der Waals surface area contributed by atoms with E-state index in [0.717, 1.165) is 13.0 Å². The summed E-state index contributed by atoms with van der Waals surface area (Å²) < 4.78 is 5.32. The summed E-state index contributed by atoms with van der Waals surface area (Å²) in [6.07, 6.45) is 0.892. The largest absolute Gasteiger partial charge is 0.374 e. The average molecular weight is 125 g/mol. The van der Waals surface area contributed by atoms with E-state index in [2.05, 4.69) is 6.07 Å². The molecule has 1 atom stereocenters. The second kappa shape index (κ2) is 2.00. The third-order valence-electron chi connectivity index (χ3n) is 1.88. The third kappa shape index (κ3) is 1.06. The lowest BCUT2D eigenvalue weighted by Gasteiger charge is -2.19. The first-order chi connectivity index (χ1) is 4.17. The van der Waals surface area contributed by atoms with Crippen molar-refractivity contribution in [1.29, 1.82) is 5.26 Å². The Hall–Kier alpha value is -0.550. The summed E-state index contributed by atoms with van der Waals surface area (Å²) in [5.41, 5.74) is -0.200. The van der Waals surface area contributed by atoms with Crippen LogP contribution in [0.3, 0.4) is 0 Å². The molecule has 0 bridgehead atoms. The number of rotatable bonds is 0. The Morgan fingerprint density at radius 3 is 2.56 bits per heavy atom. The standard InChI is InChI=1S/C7H11NO/c1-7(2)6(5-8)3-4-9-7/h6H,3-4H2,1-2H3. The predicted molar refractivity (Wildman–Crippen MR) is 33.8 cm³/mol. The topological polar surface area (TPSA) is 33.0 Å². The first-order valence-corrected chi connectivity index (χ1v) is 3.20. The maximum absolute atomic E-state index is 8.57. The molecule has 0 spiro atoms. The molecule has 1 aliphatic heterocycles. The van der Waals surface area contributed by atoms with Crippen molar-refractivity contribution in [2.45, 2.75) is 25.9 Å². The van der Waals surface area contributed by atoms with E-state index in [4.69, 9.17) is 10.00 Å². The molecule has 1 heterocycles. The van der Waals surface area contributed by atoms with Gasteiger partial charge in [0.1, 0.15) is 0 Å². The van der Waals surface area contributed by atoms with Crippen LogP contribution in [-0.4, -0.2) is 12.2 Å². The zero-order chi connectivity index (χ0) is 6.91. The van der Waals surface area contributed by atoms with Gasteiger partial charge in [0.2, 0.25) is 0 Å². The van der Waals surface area contributed by atoms with Crippen LogP contribution in [0.5, 0.6) is 0 Å². The van der Waals surface area contributed by atoms with E-state index >= 15 is 0 Å². The number of hydrogen-bond acceptors (Lipinski definition) is 2. The summed E-state index contributed by atoms with van der Waals surface area (Å²) in [5, 5.41) is 8.57. The molecule has 2 nitrogen and oxygen atoms in total. The molecule has 2 heteroatoms. The van der Waals surface area contributed by atoms with E-state index in [1.165, 1.54) is 0 Å². The van der Waals surface area contributed by atoms with Crippen molar-refractivity contribution in [1.82, 2.24) is 0 Å². The number of ether oxygens (including phenoxy) is 1. The molecule has 0 N–H and O–H groups in total. The summed E-state index contributed by atoms with van der Waals surface area (Å²) in [6.45, 7) is 4.67. The van der Waals surface area contributed by atoms with Gasteiger partial charge in [0, 0.05) is 6.61 Å². The van der Waals surface area contributed by atoms with Crippen molar-refractivity contribution >= 4 is 0 Å². The first-order valence-electron chi connectivity index (χ1n) is 3.20. The van der Waals surface area contributed by atoms with E-state index in [1.54, 1.807) is 0 Å². The van der Waals surface area contributed by atoms with E-state index in [1.807, 2.05) is 13.8 Å². The van der Waals surface area contributed by atoms with Crippen LogP contribution < -0.4 is 0 Å². The third-order valence-corrected chi connectivity index (χ3v) is 1.88. The summed E-state index contributed by atoms with van der Waals surface area (Å²) >= 11 is 0. The van der Waals surface area contributed by atoms with Gasteiger partial charge < -0.3 is 4.74 Å². The molecule has 50 valence electrons. The molecule has 1 aliphatic rings. The summed E-state index contributed by atoms with van der Waals surface area (Å²) in [4.78, 5) is 0. The molecule has 9 heavy (non-hydrogen) atoms. The Morgan fingerprint density at radius 1 is 1.67 bits per heavy atom. The zero-order valence-corrected chi connectivity index (χ0v) is 5.85. The Kier molecular flexibility index (Phi) is 1.46. The monoisotopic (exact) mass is 125 g/mol. The van der Waals surface area contributed by atoms with Crippen LogP contribution in [0, 0.1) is 17.2 Å². The molecule has 1 fully saturated rings. The van der Waals surface area contributed by atoms with Gasteiger partial charge in [-0.1, -0.05) is 0 Å². The minimum absolute atomic E-state index is 0.0949. The summed E-state index contributed by atoms with van der Waals surface area (Å²) in [7, 11) is 0. The molecule has 0 aromatic carbocycles. The Balaban J connectivity index is 2.65. The number of hydrogen-bond donors (Lipinski definition) is 0. The minimum Gasteiger partial charge on any atom is -0.374 e. The van der Waals surface area contributed by atoms with Gasteiger partial charge in [0.15, 0.2) is 0 Å². The van der Waals surface area contributed by atoms with Gasteiger partial charge in [-0.25, -0.2) is 0 Å². The van der Waals surface area contributed by atoms with Gasteiger partial charge in [-0.3, -0.25) is 0 Å². The molecule has 1 unspecified atom stereocenters. The second-order valence-corrected chi connectivity index (χ2v) is 2.92. The Labute approximate surface area is 55.4 Å². The quantitative estimate of drug-likeness (QED) is 0.489. The smallest absolute Gasteiger partial charge is 0.0784 e. The van der Waals surface area contributed by atoms with Crippen LogP contribution in [0.1, 0.15) is 20.3 Å². The molecule has 0 aromatic heterocycles. The van der Waals surface area contributed by atoms with Crippen molar-refractivity contribution in [2.75, 3.05) is 6.61 Å². The molecular formula is C7H11NO. The highest BCUT2D eigenvalue weighted by molar-refractivity contribution is 4.98. The van der Waals surface area contributed by atoms with Crippen molar-refractivity contribution < 1.29 is 4.74 Å². The van der Waals surface area contributed by atoms with Crippen molar-refractivity contribution in [3.05, 3.63) is 0 Å². The zero-order valence-electron chi connectivity index (χ0n) is 5.85. The lowest BCUT2D eigenvalue weighted by molar-refractivity contribution is 0.0226. The lowest BCUT2D eigenvalue weighted by Crippen LogP contribution is -2.25. The van der Waals surface area contributed by atoms with Crippen LogP contribution >= 0.6 is 0 Å². The molecule has 0 saturated carbocycles. The SMILES string of the molecule is CC1(C)OCCC1C#N. The summed E-state index contributed by atoms with van der Waals surface area (Å²) in [6, 6.07) is 2.23. The van der Waals surface area contributed by atoms with Crippen LogP contribution in [0.25, 0.3) is 0 Å². The Bertz CT molecular complexity index is 145. The molecule has 0 amide bonds. The highest BCUT2D eigenvalue weighted by atomic mass is 16.5. The highest BCUT2D eigenvalue weighted by Crippen LogP contribution is 2.30. The fourth-order valence-electron chi connectivity index (χ4n) is 1.11. The van der Waals surface area contributed by atoms with Crippen molar-refractivity contribution in [3.63, 3.8) is 0 Å². The van der Waals surface area contributed by atoms with Gasteiger partial charge >= 0.3 is 0 Å². The van der Waals surface area contributed by atoms with Gasteiger partial charge in [-0.05, 0) is 20.3 Å². The normalized spacial score (nSPS) is 31.9. The van der Waals surface area contributed by atoms with Gasteiger partial charge in [0.25, 0.3) is 0 Å². The average Bonchev–Trinajstić information content (AvgIpc) is 2.08. The van der Waals surface area contributed by atoms with Crippen LogP contribution in [-0.2, 0) is 4.74 Å². The van der Waals surface area contributed by atoms with Gasteiger partial charge in [-0.15, -0.1) is 0 Å². The predicted octanol–water partition coefficient (Wildman–Crippen LogP) is 1.33. The highest BCUT2D eigenvalue weighted by Gasteiger charge is 2.35. The molecular weight excluding hydrogens is 114 g/mol. The second-order valence-electron chi connectivity index (χ2n) is 2.92. The van der Waals surface area contributed by atoms with Crippen LogP contribution in [0.4, 0.5) is 0 Å². The Morgan fingerprint density at radius 2 is 2.33 bits per heavy atom. The molecule has 0 radical (unpaired) electrons. The summed E-state index contributed by atoms with van der Waals surface area (Å²) in [5.74, 6) is 0.0949. The van der Waals surface area contributed by atoms with Crippen molar-refractivity contribution in [3.8, 4) is 6.07 Å². The fourth-order valence-corrected chi connectivity index (χ4v) is 1.11. The first kappa shape index (κ1) is 6.57. The molecule has 0 aromatic rings. The van der Waals surface area contributed by atoms with E-state index in [9.17, 15) is 0 Å². The van der Waals surface area contributed by atoms with Crippen LogP contribution in [0.15, 0.2) is 0 Å². The number of nitrogens with zero attached hydrogens (tertiary/aromatic N) is 1. The van der Waals surface area contributed by atoms with Crippen LogP contribution in [0.2, 0.25) is 0 Å². The minimum atomic E-state index is -0.200. The van der Waals surface area contributed by atoms with E-state index in [-0.39, 0.29) is 11.5 Å². The van der Waals surface area contributed by atoms with E-state index in [0.29, 0.717) is 0 Å². The molecule has 1 rings (SSSR count). The van der Waals surface area contributed by atoms with Crippen molar-refractivity contribution in [2.24, 2.45) is 5.92 Å². The fraction of sp³-hybridized carbons (Fsp3) is 0.857. The number of nitriles is 1. The molecule has 0 aliphatic carbocycles. The van der Waals surface area contributed by atoms with E-state index < -0.39 is 0 Å². The van der Waals surface area contributed by atoms with Gasteiger partial charge in [-0.2, -0.15) is 5.26 Å². The maximum Gasteiger partial charge on any atom is 0.0784 e. The van der Waals surface area contributed by atoms with Gasteiger partial charge in [0.05, 0.1) is 17.6 Å².